The van der Waals surface area contributed by atoms with Crippen molar-refractivity contribution in [2.24, 2.45) is 11.8 Å². The minimum atomic E-state index is -0.342. The molecule has 19 heavy (non-hydrogen) atoms. The highest BCUT2D eigenvalue weighted by Gasteiger charge is 2.13. The zero-order valence-electron chi connectivity index (χ0n) is 12.3. The fraction of sp³-hybridized carbons (Fsp3) is 0.625. The zero-order chi connectivity index (χ0) is 14.4. The SMILES string of the molecule is CC(C)CC(CNC(C)C)Cc1ccc(F)c(Cl)c1. The van der Waals surface area contributed by atoms with E-state index in [4.69, 9.17) is 11.6 Å². The summed E-state index contributed by atoms with van der Waals surface area (Å²) in [5.74, 6) is 0.880. The molecule has 1 N–H and O–H groups in total. The number of nitrogens with one attached hydrogen (secondary N) is 1. The topological polar surface area (TPSA) is 12.0 Å². The van der Waals surface area contributed by atoms with E-state index in [-0.39, 0.29) is 10.8 Å². The summed E-state index contributed by atoms with van der Waals surface area (Å²) in [7, 11) is 0. The highest BCUT2D eigenvalue weighted by molar-refractivity contribution is 6.30. The van der Waals surface area contributed by atoms with Gasteiger partial charge in [0, 0.05) is 6.04 Å². The Hall–Kier alpha value is -0.600. The summed E-state index contributed by atoms with van der Waals surface area (Å²) >= 11 is 5.84. The van der Waals surface area contributed by atoms with Crippen LogP contribution in [0.5, 0.6) is 0 Å². The molecule has 1 unspecified atom stereocenters. The summed E-state index contributed by atoms with van der Waals surface area (Å²) in [5, 5.41) is 3.71. The lowest BCUT2D eigenvalue weighted by molar-refractivity contribution is 0.373. The standard InChI is InChI=1S/C16H25ClFN/c1-11(2)7-14(10-19-12(3)4)8-13-5-6-16(18)15(17)9-13/h5-6,9,11-12,14,19H,7-8,10H2,1-4H3. The van der Waals surface area contributed by atoms with Crippen LogP contribution in [0, 0.1) is 17.7 Å². The van der Waals surface area contributed by atoms with Crippen molar-refractivity contribution in [3.8, 4) is 0 Å². The summed E-state index contributed by atoms with van der Waals surface area (Å²) in [6, 6.07) is 5.54. The van der Waals surface area contributed by atoms with Crippen LogP contribution in [0.2, 0.25) is 5.02 Å². The van der Waals surface area contributed by atoms with Crippen LogP contribution >= 0.6 is 11.6 Å². The molecule has 0 fully saturated rings. The molecule has 0 aliphatic carbocycles. The summed E-state index contributed by atoms with van der Waals surface area (Å²) in [6.07, 6.45) is 2.10. The molecular weight excluding hydrogens is 261 g/mol. The predicted molar refractivity (Wildman–Crippen MR) is 81.2 cm³/mol. The number of hydrogen-bond acceptors (Lipinski definition) is 1. The molecule has 0 saturated heterocycles. The van der Waals surface area contributed by atoms with Crippen molar-refractivity contribution in [3.63, 3.8) is 0 Å². The Balaban J connectivity index is 2.66. The Morgan fingerprint density at radius 3 is 2.42 bits per heavy atom. The van der Waals surface area contributed by atoms with Crippen molar-refractivity contribution in [3.05, 3.63) is 34.6 Å². The molecule has 0 heterocycles. The van der Waals surface area contributed by atoms with Crippen LogP contribution in [0.1, 0.15) is 39.7 Å². The first kappa shape index (κ1) is 16.5. The molecule has 0 amide bonds. The highest BCUT2D eigenvalue weighted by atomic mass is 35.5. The van der Waals surface area contributed by atoms with Crippen LogP contribution in [-0.4, -0.2) is 12.6 Å². The van der Waals surface area contributed by atoms with Gasteiger partial charge in [-0.25, -0.2) is 4.39 Å². The number of rotatable bonds is 7. The van der Waals surface area contributed by atoms with Crippen molar-refractivity contribution in [2.45, 2.75) is 46.6 Å². The fourth-order valence-corrected chi connectivity index (χ4v) is 2.51. The molecular formula is C16H25ClFN. The van der Waals surface area contributed by atoms with E-state index in [1.165, 1.54) is 6.07 Å². The van der Waals surface area contributed by atoms with Crippen molar-refractivity contribution in [1.29, 1.82) is 0 Å². The second-order valence-corrected chi connectivity index (χ2v) is 6.42. The van der Waals surface area contributed by atoms with E-state index in [1.807, 2.05) is 6.07 Å². The van der Waals surface area contributed by atoms with Crippen LogP contribution in [-0.2, 0) is 6.42 Å². The highest BCUT2D eigenvalue weighted by Crippen LogP contribution is 2.21. The van der Waals surface area contributed by atoms with Gasteiger partial charge in [-0.05, 0) is 48.9 Å². The lowest BCUT2D eigenvalue weighted by Gasteiger charge is -2.21. The first-order valence-corrected chi connectivity index (χ1v) is 7.43. The van der Waals surface area contributed by atoms with Crippen LogP contribution in [0.15, 0.2) is 18.2 Å². The molecule has 0 spiro atoms. The van der Waals surface area contributed by atoms with Gasteiger partial charge in [-0.15, -0.1) is 0 Å². The Morgan fingerprint density at radius 2 is 1.89 bits per heavy atom. The minimum Gasteiger partial charge on any atom is -0.314 e. The molecule has 3 heteroatoms. The minimum absolute atomic E-state index is 0.220. The summed E-state index contributed by atoms with van der Waals surface area (Å²) in [6.45, 7) is 9.77. The van der Waals surface area contributed by atoms with Gasteiger partial charge in [0.25, 0.3) is 0 Å². The van der Waals surface area contributed by atoms with Gasteiger partial charge in [0.2, 0.25) is 0 Å². The molecule has 1 aromatic carbocycles. The second kappa shape index (κ2) is 7.86. The molecule has 1 rings (SSSR count). The molecule has 1 aromatic rings. The van der Waals surface area contributed by atoms with Gasteiger partial charge in [0.15, 0.2) is 0 Å². The van der Waals surface area contributed by atoms with Crippen molar-refractivity contribution >= 4 is 11.6 Å². The molecule has 108 valence electrons. The molecule has 1 atom stereocenters. The van der Waals surface area contributed by atoms with Crippen LogP contribution < -0.4 is 5.32 Å². The number of hydrogen-bond donors (Lipinski definition) is 1. The van der Waals surface area contributed by atoms with E-state index in [0.29, 0.717) is 17.9 Å². The maximum Gasteiger partial charge on any atom is 0.141 e. The van der Waals surface area contributed by atoms with E-state index in [1.54, 1.807) is 6.07 Å². The maximum absolute atomic E-state index is 13.2. The van der Waals surface area contributed by atoms with E-state index < -0.39 is 0 Å². The van der Waals surface area contributed by atoms with Gasteiger partial charge < -0.3 is 5.32 Å². The van der Waals surface area contributed by atoms with Crippen LogP contribution in [0.3, 0.4) is 0 Å². The molecule has 0 saturated carbocycles. The van der Waals surface area contributed by atoms with Gasteiger partial charge >= 0.3 is 0 Å². The molecule has 0 aliphatic rings. The Bertz CT molecular complexity index is 390. The second-order valence-electron chi connectivity index (χ2n) is 6.01. The fourth-order valence-electron chi connectivity index (χ4n) is 2.31. The number of halogens is 2. The third-order valence-electron chi connectivity index (χ3n) is 3.13. The first-order valence-electron chi connectivity index (χ1n) is 7.05. The maximum atomic E-state index is 13.2. The number of benzene rings is 1. The van der Waals surface area contributed by atoms with E-state index in [0.717, 1.165) is 24.9 Å². The van der Waals surface area contributed by atoms with Crippen molar-refractivity contribution in [1.82, 2.24) is 5.32 Å². The smallest absolute Gasteiger partial charge is 0.141 e. The average Bonchev–Trinajstić information content (AvgIpc) is 2.30. The van der Waals surface area contributed by atoms with Gasteiger partial charge in [0.05, 0.1) is 5.02 Å². The van der Waals surface area contributed by atoms with Gasteiger partial charge in [0.1, 0.15) is 5.82 Å². The third-order valence-corrected chi connectivity index (χ3v) is 3.42. The average molecular weight is 286 g/mol. The third kappa shape index (κ3) is 6.40. The van der Waals surface area contributed by atoms with Gasteiger partial charge in [-0.3, -0.25) is 0 Å². The first-order chi connectivity index (χ1) is 8.88. The molecule has 0 bridgehead atoms. The largest absolute Gasteiger partial charge is 0.314 e. The lowest BCUT2D eigenvalue weighted by atomic mass is 9.90. The van der Waals surface area contributed by atoms with Crippen molar-refractivity contribution < 1.29 is 4.39 Å². The normalized spacial score (nSPS) is 13.3. The van der Waals surface area contributed by atoms with E-state index in [2.05, 4.69) is 33.0 Å². The zero-order valence-corrected chi connectivity index (χ0v) is 13.1. The molecule has 0 aromatic heterocycles. The van der Waals surface area contributed by atoms with Crippen LogP contribution in [0.4, 0.5) is 4.39 Å². The summed E-state index contributed by atoms with van der Waals surface area (Å²) < 4.78 is 13.2. The summed E-state index contributed by atoms with van der Waals surface area (Å²) in [5.41, 5.74) is 1.11. The Morgan fingerprint density at radius 1 is 1.21 bits per heavy atom. The molecule has 0 radical (unpaired) electrons. The lowest BCUT2D eigenvalue weighted by Crippen LogP contribution is -2.30. The van der Waals surface area contributed by atoms with Crippen molar-refractivity contribution in [2.75, 3.05) is 6.54 Å². The van der Waals surface area contributed by atoms with Crippen LogP contribution in [0.25, 0.3) is 0 Å². The summed E-state index contributed by atoms with van der Waals surface area (Å²) in [4.78, 5) is 0. The molecule has 0 aliphatic heterocycles. The van der Waals surface area contributed by atoms with Gasteiger partial charge in [-0.2, -0.15) is 0 Å². The Labute approximate surface area is 121 Å². The quantitative estimate of drug-likeness (QED) is 0.767. The predicted octanol–water partition coefficient (Wildman–Crippen LogP) is 4.68. The molecule has 1 nitrogen and oxygen atoms in total. The monoisotopic (exact) mass is 285 g/mol. The van der Waals surface area contributed by atoms with Gasteiger partial charge in [-0.1, -0.05) is 45.4 Å². The van der Waals surface area contributed by atoms with E-state index in [9.17, 15) is 4.39 Å². The Kier molecular flexibility index (Phi) is 6.81. The van der Waals surface area contributed by atoms with E-state index >= 15 is 0 Å².